The van der Waals surface area contributed by atoms with Gasteiger partial charge in [-0.25, -0.2) is 13.2 Å². The molecule has 1 aliphatic rings. The number of hydrogen-bond acceptors (Lipinski definition) is 6. The van der Waals surface area contributed by atoms with Crippen molar-refractivity contribution < 1.29 is 27.5 Å². The largest absolute Gasteiger partial charge is 0.494 e. The first-order valence-corrected chi connectivity index (χ1v) is 10.6. The first-order valence-electron chi connectivity index (χ1n) is 8.80. The number of esters is 1. The zero-order chi connectivity index (χ0) is 20.0. The van der Waals surface area contributed by atoms with E-state index in [1.54, 1.807) is 30.3 Å². The van der Waals surface area contributed by atoms with Crippen molar-refractivity contribution in [1.29, 1.82) is 0 Å². The zero-order valence-electron chi connectivity index (χ0n) is 15.8. The number of sulfone groups is 1. The summed E-state index contributed by atoms with van der Waals surface area (Å²) >= 11 is 0. The Bertz CT molecular complexity index is 800. The van der Waals surface area contributed by atoms with Crippen LogP contribution in [0.3, 0.4) is 0 Å². The third kappa shape index (κ3) is 6.09. The molecule has 1 aromatic carbocycles. The van der Waals surface area contributed by atoms with Crippen LogP contribution in [0.4, 0.5) is 0 Å². The predicted molar refractivity (Wildman–Crippen MR) is 102 cm³/mol. The Morgan fingerprint density at radius 2 is 1.96 bits per heavy atom. The van der Waals surface area contributed by atoms with E-state index in [1.807, 2.05) is 6.92 Å². The fourth-order valence-electron chi connectivity index (χ4n) is 2.82. The van der Waals surface area contributed by atoms with Crippen molar-refractivity contribution in [3.8, 4) is 5.75 Å². The van der Waals surface area contributed by atoms with Crippen molar-refractivity contribution >= 4 is 27.8 Å². The van der Waals surface area contributed by atoms with Crippen molar-refractivity contribution in [3.63, 3.8) is 0 Å². The summed E-state index contributed by atoms with van der Waals surface area (Å²) in [5.74, 6) is -0.285. The van der Waals surface area contributed by atoms with Gasteiger partial charge in [0.25, 0.3) is 5.91 Å². The van der Waals surface area contributed by atoms with Crippen molar-refractivity contribution in [2.75, 3.05) is 25.2 Å². The number of amides is 1. The van der Waals surface area contributed by atoms with E-state index < -0.39 is 27.8 Å². The van der Waals surface area contributed by atoms with Crippen LogP contribution in [-0.2, 0) is 24.2 Å². The first kappa shape index (κ1) is 21.0. The molecule has 7 nitrogen and oxygen atoms in total. The molecule has 1 saturated heterocycles. The van der Waals surface area contributed by atoms with Crippen LogP contribution in [0.25, 0.3) is 6.08 Å². The average molecular weight is 395 g/mol. The summed E-state index contributed by atoms with van der Waals surface area (Å²) < 4.78 is 33.6. The average Bonchev–Trinajstić information content (AvgIpc) is 3.00. The molecule has 1 aliphatic heterocycles. The molecule has 27 heavy (non-hydrogen) atoms. The van der Waals surface area contributed by atoms with Gasteiger partial charge in [0.1, 0.15) is 5.75 Å². The van der Waals surface area contributed by atoms with Crippen molar-refractivity contribution in [2.45, 2.75) is 32.4 Å². The molecule has 0 N–H and O–H groups in total. The van der Waals surface area contributed by atoms with E-state index in [9.17, 15) is 18.0 Å². The van der Waals surface area contributed by atoms with Crippen LogP contribution in [0.5, 0.6) is 5.75 Å². The highest BCUT2D eigenvalue weighted by atomic mass is 32.2. The van der Waals surface area contributed by atoms with E-state index in [0.717, 1.165) is 11.3 Å². The van der Waals surface area contributed by atoms with E-state index >= 15 is 0 Å². The zero-order valence-corrected chi connectivity index (χ0v) is 16.6. The lowest BCUT2D eigenvalue weighted by Gasteiger charge is -2.26. The van der Waals surface area contributed by atoms with Crippen LogP contribution in [-0.4, -0.2) is 62.5 Å². The Kier molecular flexibility index (Phi) is 7.01. The molecule has 0 aliphatic carbocycles. The summed E-state index contributed by atoms with van der Waals surface area (Å²) in [4.78, 5) is 25.7. The van der Waals surface area contributed by atoms with Crippen LogP contribution in [0.1, 0.15) is 25.8 Å². The van der Waals surface area contributed by atoms with Crippen molar-refractivity contribution in [2.24, 2.45) is 0 Å². The number of rotatable bonds is 7. The molecule has 148 valence electrons. The normalized spacial score (nSPS) is 19.6. The third-order valence-corrected chi connectivity index (χ3v) is 6.10. The first-order chi connectivity index (χ1) is 12.7. The van der Waals surface area contributed by atoms with Gasteiger partial charge in [-0.15, -0.1) is 0 Å². The summed E-state index contributed by atoms with van der Waals surface area (Å²) in [5, 5.41) is 0. The Morgan fingerprint density at radius 1 is 1.30 bits per heavy atom. The number of carbonyl (C=O) groups is 2. The fourth-order valence-corrected chi connectivity index (χ4v) is 4.59. The number of benzene rings is 1. The van der Waals surface area contributed by atoms with Gasteiger partial charge in [0.2, 0.25) is 0 Å². The van der Waals surface area contributed by atoms with Crippen LogP contribution in [0, 0.1) is 0 Å². The molecule has 1 fully saturated rings. The second-order valence-electron chi connectivity index (χ2n) is 6.42. The topological polar surface area (TPSA) is 90.0 Å². The van der Waals surface area contributed by atoms with Crippen molar-refractivity contribution in [3.05, 3.63) is 35.9 Å². The van der Waals surface area contributed by atoms with Crippen LogP contribution >= 0.6 is 0 Å². The molecule has 2 rings (SSSR count). The van der Waals surface area contributed by atoms with Gasteiger partial charge in [0.05, 0.1) is 18.1 Å². The Balaban J connectivity index is 1.87. The highest BCUT2D eigenvalue weighted by Crippen LogP contribution is 2.18. The van der Waals surface area contributed by atoms with Gasteiger partial charge in [-0.05, 0) is 44.0 Å². The highest BCUT2D eigenvalue weighted by molar-refractivity contribution is 7.91. The van der Waals surface area contributed by atoms with E-state index in [-0.39, 0.29) is 17.5 Å². The lowest BCUT2D eigenvalue weighted by molar-refractivity contribution is -0.155. The Labute approximate surface area is 159 Å². The molecule has 1 heterocycles. The summed E-state index contributed by atoms with van der Waals surface area (Å²) in [6.45, 7) is 3.95. The number of ether oxygens (including phenoxy) is 2. The van der Waals surface area contributed by atoms with Gasteiger partial charge in [-0.3, -0.25) is 4.79 Å². The summed E-state index contributed by atoms with van der Waals surface area (Å²) in [6, 6.07) is 6.83. The minimum Gasteiger partial charge on any atom is -0.494 e. The van der Waals surface area contributed by atoms with E-state index in [1.165, 1.54) is 24.9 Å². The molecule has 0 unspecified atom stereocenters. The minimum atomic E-state index is -3.09. The fraction of sp³-hybridized carbons (Fsp3) is 0.474. The molecule has 1 amide bonds. The monoisotopic (exact) mass is 395 g/mol. The van der Waals surface area contributed by atoms with Gasteiger partial charge >= 0.3 is 5.97 Å². The number of nitrogens with zero attached hydrogens (tertiary/aromatic N) is 1. The van der Waals surface area contributed by atoms with Crippen LogP contribution in [0.15, 0.2) is 30.3 Å². The van der Waals surface area contributed by atoms with Crippen LogP contribution < -0.4 is 4.74 Å². The highest BCUT2D eigenvalue weighted by Gasteiger charge is 2.34. The standard InChI is InChI=1S/C19H25NO6S/c1-4-25-17-8-5-15(6-9-17)7-10-18(21)26-14(2)19(22)20(3)16-11-12-27(23,24)13-16/h5-10,14,16H,4,11-13H2,1-3H3/b10-7+/t14-,16+/m1/s1. The minimum absolute atomic E-state index is 0.0481. The lowest BCUT2D eigenvalue weighted by atomic mass is 10.2. The lowest BCUT2D eigenvalue weighted by Crippen LogP contribution is -2.44. The summed E-state index contributed by atoms with van der Waals surface area (Å²) in [7, 11) is -1.55. The van der Waals surface area contributed by atoms with Gasteiger partial charge < -0.3 is 14.4 Å². The Hall–Kier alpha value is -2.35. The molecule has 0 aromatic heterocycles. The van der Waals surface area contributed by atoms with Gasteiger partial charge in [-0.2, -0.15) is 0 Å². The quantitative estimate of drug-likeness (QED) is 0.515. The number of carbonyl (C=O) groups excluding carboxylic acids is 2. The van der Waals surface area contributed by atoms with Gasteiger partial charge in [0, 0.05) is 19.2 Å². The number of likely N-dealkylation sites (N-methyl/N-ethyl adjacent to an activating group) is 1. The second-order valence-corrected chi connectivity index (χ2v) is 8.65. The Morgan fingerprint density at radius 3 is 2.52 bits per heavy atom. The molecule has 8 heteroatoms. The third-order valence-electron chi connectivity index (χ3n) is 4.35. The smallest absolute Gasteiger partial charge is 0.331 e. The molecular formula is C19H25NO6S. The molecule has 0 radical (unpaired) electrons. The molecule has 0 spiro atoms. The molecule has 0 saturated carbocycles. The van der Waals surface area contributed by atoms with Crippen molar-refractivity contribution in [1.82, 2.24) is 4.90 Å². The molecular weight excluding hydrogens is 370 g/mol. The second kappa shape index (κ2) is 9.03. The van der Waals surface area contributed by atoms with Crippen LogP contribution in [0.2, 0.25) is 0 Å². The maximum atomic E-state index is 12.4. The van der Waals surface area contributed by atoms with E-state index in [2.05, 4.69) is 0 Å². The summed E-state index contributed by atoms with van der Waals surface area (Å²) in [6.07, 6.45) is 2.25. The predicted octanol–water partition coefficient (Wildman–Crippen LogP) is 1.68. The van der Waals surface area contributed by atoms with Gasteiger partial charge in [-0.1, -0.05) is 12.1 Å². The molecule has 0 bridgehead atoms. The molecule has 1 aromatic rings. The molecule has 2 atom stereocenters. The number of hydrogen-bond donors (Lipinski definition) is 0. The maximum Gasteiger partial charge on any atom is 0.331 e. The van der Waals surface area contributed by atoms with E-state index in [0.29, 0.717) is 13.0 Å². The maximum absolute atomic E-state index is 12.4. The SMILES string of the molecule is CCOc1ccc(/C=C/C(=O)O[C@H](C)C(=O)N(C)[C@H]2CCS(=O)(=O)C2)cc1. The van der Waals surface area contributed by atoms with Gasteiger partial charge in [0.15, 0.2) is 15.9 Å². The van der Waals surface area contributed by atoms with E-state index in [4.69, 9.17) is 9.47 Å². The summed E-state index contributed by atoms with van der Waals surface area (Å²) in [5.41, 5.74) is 0.794.